The Balaban J connectivity index is 1.78. The topological polar surface area (TPSA) is 69.0 Å². The molecule has 6 nitrogen and oxygen atoms in total. The number of ether oxygens (including phenoxy) is 1. The molecule has 4 rings (SSSR count). The molecule has 1 aromatic heterocycles. The van der Waals surface area contributed by atoms with Gasteiger partial charge < -0.3 is 10.1 Å². The summed E-state index contributed by atoms with van der Waals surface area (Å²) in [7, 11) is 1.61. The van der Waals surface area contributed by atoms with Crippen molar-refractivity contribution in [2.45, 2.75) is 6.92 Å². The molecule has 4 aromatic rings. The maximum atomic E-state index is 12.9. The summed E-state index contributed by atoms with van der Waals surface area (Å²) in [6.07, 6.45) is 0. The zero-order chi connectivity index (χ0) is 21.1. The van der Waals surface area contributed by atoms with Crippen molar-refractivity contribution < 1.29 is 9.53 Å². The Hall–Kier alpha value is -3.64. The number of amides is 1. The summed E-state index contributed by atoms with van der Waals surface area (Å²) in [4.78, 5) is 17.4. The SMILES string of the molecule is COc1ccc(-c2nc(C(=O)Nc3ccccc3C)nn2-c2ccccc2Cl)cc1. The van der Waals surface area contributed by atoms with Crippen LogP contribution < -0.4 is 10.1 Å². The number of para-hydroxylation sites is 2. The molecule has 0 aliphatic rings. The summed E-state index contributed by atoms with van der Waals surface area (Å²) in [5.74, 6) is 0.870. The van der Waals surface area contributed by atoms with Crippen molar-refractivity contribution in [1.82, 2.24) is 14.8 Å². The lowest BCUT2D eigenvalue weighted by Gasteiger charge is -2.08. The molecule has 0 atom stereocenters. The number of halogens is 1. The summed E-state index contributed by atoms with van der Waals surface area (Å²) in [6.45, 7) is 1.92. The number of carbonyl (C=O) groups is 1. The highest BCUT2D eigenvalue weighted by atomic mass is 35.5. The van der Waals surface area contributed by atoms with Crippen LogP contribution in [-0.2, 0) is 0 Å². The quantitative estimate of drug-likeness (QED) is 0.486. The Bertz CT molecular complexity index is 1200. The highest BCUT2D eigenvalue weighted by Crippen LogP contribution is 2.27. The molecule has 30 heavy (non-hydrogen) atoms. The summed E-state index contributed by atoms with van der Waals surface area (Å²) >= 11 is 6.40. The van der Waals surface area contributed by atoms with E-state index >= 15 is 0 Å². The predicted octanol–water partition coefficient (Wildman–Crippen LogP) is 5.16. The second-order valence-corrected chi connectivity index (χ2v) is 7.03. The molecule has 1 amide bonds. The third-order valence-corrected chi connectivity index (χ3v) is 4.95. The molecule has 150 valence electrons. The van der Waals surface area contributed by atoms with E-state index in [4.69, 9.17) is 16.3 Å². The van der Waals surface area contributed by atoms with Crippen molar-refractivity contribution in [2.24, 2.45) is 0 Å². The third-order valence-electron chi connectivity index (χ3n) is 4.63. The van der Waals surface area contributed by atoms with Crippen molar-refractivity contribution in [3.63, 3.8) is 0 Å². The standard InChI is InChI=1S/C23H19ClN4O2/c1-15-7-3-5-9-19(15)25-23(29)21-26-22(16-11-13-17(30-2)14-12-16)28(27-21)20-10-6-4-8-18(20)24/h3-14H,1-2H3,(H,25,29). The van der Waals surface area contributed by atoms with Gasteiger partial charge in [0.2, 0.25) is 5.82 Å². The molecule has 1 N–H and O–H groups in total. The largest absolute Gasteiger partial charge is 0.497 e. The number of nitrogens with zero attached hydrogens (tertiary/aromatic N) is 3. The van der Waals surface area contributed by atoms with E-state index in [1.165, 1.54) is 0 Å². The van der Waals surface area contributed by atoms with Gasteiger partial charge in [0.05, 0.1) is 17.8 Å². The third kappa shape index (κ3) is 3.90. The average molecular weight is 419 g/mol. The summed E-state index contributed by atoms with van der Waals surface area (Å²) in [6, 6.07) is 22.2. The molecule has 0 unspecified atom stereocenters. The predicted molar refractivity (Wildman–Crippen MR) is 117 cm³/mol. The van der Waals surface area contributed by atoms with Gasteiger partial charge in [0, 0.05) is 11.3 Å². The zero-order valence-corrected chi connectivity index (χ0v) is 17.2. The number of nitrogens with one attached hydrogen (secondary N) is 1. The number of aromatic nitrogens is 3. The molecule has 0 spiro atoms. The van der Waals surface area contributed by atoms with Crippen molar-refractivity contribution in [1.29, 1.82) is 0 Å². The molecule has 0 bridgehead atoms. The lowest BCUT2D eigenvalue weighted by molar-refractivity contribution is 0.101. The molecule has 0 aliphatic carbocycles. The molecule has 0 saturated heterocycles. The van der Waals surface area contributed by atoms with Crippen LogP contribution in [0.15, 0.2) is 72.8 Å². The smallest absolute Gasteiger partial charge is 0.295 e. The van der Waals surface area contributed by atoms with Crippen molar-refractivity contribution in [3.8, 4) is 22.8 Å². The van der Waals surface area contributed by atoms with Gasteiger partial charge in [-0.25, -0.2) is 9.67 Å². The van der Waals surface area contributed by atoms with E-state index < -0.39 is 5.91 Å². The van der Waals surface area contributed by atoms with Crippen molar-refractivity contribution in [3.05, 3.63) is 89.2 Å². The molecule has 7 heteroatoms. The summed E-state index contributed by atoms with van der Waals surface area (Å²) in [5, 5.41) is 7.84. The van der Waals surface area contributed by atoms with Crippen LogP contribution in [0.3, 0.4) is 0 Å². The Morgan fingerprint density at radius 2 is 1.70 bits per heavy atom. The maximum absolute atomic E-state index is 12.9. The molecule has 3 aromatic carbocycles. The first-order chi connectivity index (χ1) is 14.6. The summed E-state index contributed by atoms with van der Waals surface area (Å²) in [5.41, 5.74) is 3.07. The van der Waals surface area contributed by atoms with Crippen LogP contribution in [0, 0.1) is 6.92 Å². The van der Waals surface area contributed by atoms with E-state index in [0.29, 0.717) is 22.2 Å². The number of methoxy groups -OCH3 is 1. The van der Waals surface area contributed by atoms with E-state index in [0.717, 1.165) is 16.9 Å². The number of hydrogen-bond donors (Lipinski definition) is 1. The van der Waals surface area contributed by atoms with Crippen LogP contribution in [0.2, 0.25) is 5.02 Å². The van der Waals surface area contributed by atoms with Gasteiger partial charge in [0.15, 0.2) is 5.82 Å². The maximum Gasteiger partial charge on any atom is 0.295 e. The van der Waals surface area contributed by atoms with Crippen LogP contribution in [0.5, 0.6) is 5.75 Å². The molecular weight excluding hydrogens is 400 g/mol. The average Bonchev–Trinajstić information content (AvgIpc) is 3.21. The number of benzene rings is 3. The minimum Gasteiger partial charge on any atom is -0.497 e. The molecule has 0 aliphatic heterocycles. The Morgan fingerprint density at radius 1 is 1.00 bits per heavy atom. The van der Waals surface area contributed by atoms with Crippen LogP contribution >= 0.6 is 11.6 Å². The van der Waals surface area contributed by atoms with E-state index in [2.05, 4.69) is 15.4 Å². The Kier molecular flexibility index (Phi) is 5.50. The molecule has 0 fully saturated rings. The molecule has 0 saturated carbocycles. The second-order valence-electron chi connectivity index (χ2n) is 6.62. The molecular formula is C23H19ClN4O2. The molecule has 1 heterocycles. The van der Waals surface area contributed by atoms with E-state index in [-0.39, 0.29) is 5.82 Å². The van der Waals surface area contributed by atoms with Gasteiger partial charge in [-0.2, -0.15) is 0 Å². The first-order valence-electron chi connectivity index (χ1n) is 9.30. The van der Waals surface area contributed by atoms with Crippen LogP contribution in [0.1, 0.15) is 16.2 Å². The van der Waals surface area contributed by atoms with Crippen molar-refractivity contribution in [2.75, 3.05) is 12.4 Å². The number of carbonyl (C=O) groups excluding carboxylic acids is 1. The zero-order valence-electron chi connectivity index (χ0n) is 16.5. The Labute approximate surface area is 179 Å². The van der Waals surface area contributed by atoms with Crippen LogP contribution in [0.25, 0.3) is 17.1 Å². The number of aryl methyl sites for hydroxylation is 1. The van der Waals surface area contributed by atoms with Gasteiger partial charge >= 0.3 is 0 Å². The van der Waals surface area contributed by atoms with Crippen LogP contribution in [0.4, 0.5) is 5.69 Å². The van der Waals surface area contributed by atoms with Gasteiger partial charge in [-0.05, 0) is 55.0 Å². The highest BCUT2D eigenvalue weighted by Gasteiger charge is 2.20. The van der Waals surface area contributed by atoms with Crippen LogP contribution in [-0.4, -0.2) is 27.8 Å². The minimum atomic E-state index is -0.398. The number of hydrogen-bond acceptors (Lipinski definition) is 4. The van der Waals surface area contributed by atoms with E-state index in [1.54, 1.807) is 17.9 Å². The number of rotatable bonds is 5. The fourth-order valence-corrected chi connectivity index (χ4v) is 3.23. The summed E-state index contributed by atoms with van der Waals surface area (Å²) < 4.78 is 6.81. The lowest BCUT2D eigenvalue weighted by atomic mass is 10.2. The lowest BCUT2D eigenvalue weighted by Crippen LogP contribution is -2.15. The van der Waals surface area contributed by atoms with Gasteiger partial charge in [-0.3, -0.25) is 4.79 Å². The van der Waals surface area contributed by atoms with Crippen molar-refractivity contribution >= 4 is 23.2 Å². The van der Waals surface area contributed by atoms with E-state index in [1.807, 2.05) is 73.7 Å². The fourth-order valence-electron chi connectivity index (χ4n) is 3.02. The first-order valence-corrected chi connectivity index (χ1v) is 9.68. The molecule has 0 radical (unpaired) electrons. The number of anilines is 1. The monoisotopic (exact) mass is 418 g/mol. The first kappa shape index (κ1) is 19.7. The van der Waals surface area contributed by atoms with Gasteiger partial charge in [0.1, 0.15) is 5.75 Å². The van der Waals surface area contributed by atoms with Gasteiger partial charge in [-0.1, -0.05) is 41.9 Å². The second kappa shape index (κ2) is 8.39. The van der Waals surface area contributed by atoms with Gasteiger partial charge in [-0.15, -0.1) is 5.10 Å². The normalized spacial score (nSPS) is 10.6. The van der Waals surface area contributed by atoms with E-state index in [9.17, 15) is 4.79 Å². The fraction of sp³-hybridized carbons (Fsp3) is 0.0870. The Morgan fingerprint density at radius 3 is 2.40 bits per heavy atom. The van der Waals surface area contributed by atoms with Gasteiger partial charge in [0.25, 0.3) is 5.91 Å². The highest BCUT2D eigenvalue weighted by molar-refractivity contribution is 6.32. The minimum absolute atomic E-state index is 0.0454.